The molecule has 0 amide bonds. The second-order valence-corrected chi connectivity index (χ2v) is 8.59. The number of aliphatic imine (C=N–C) groups is 1. The van der Waals surface area contributed by atoms with Crippen molar-refractivity contribution in [3.63, 3.8) is 0 Å². The maximum atomic E-state index is 14.3. The van der Waals surface area contributed by atoms with Crippen LogP contribution in [0.4, 0.5) is 14.5 Å². The summed E-state index contributed by atoms with van der Waals surface area (Å²) in [6.45, 7) is 2.22. The minimum absolute atomic E-state index is 0.412. The number of nitrogens with zero attached hydrogens (tertiary/aromatic N) is 1. The molecular formula is C29H21F2NS. The van der Waals surface area contributed by atoms with E-state index in [4.69, 9.17) is 0 Å². The van der Waals surface area contributed by atoms with Crippen LogP contribution in [0.15, 0.2) is 77.3 Å². The second-order valence-electron chi connectivity index (χ2n) is 8.41. The molecule has 33 heavy (non-hydrogen) atoms. The Bertz CT molecular complexity index is 1460. The maximum Gasteiger partial charge on any atom is 0.153 e. The van der Waals surface area contributed by atoms with Crippen molar-refractivity contribution in [3.05, 3.63) is 95.1 Å². The molecular weight excluding hydrogens is 432 g/mol. The van der Waals surface area contributed by atoms with Gasteiger partial charge >= 0.3 is 0 Å². The summed E-state index contributed by atoms with van der Waals surface area (Å²) < 4.78 is 28.6. The van der Waals surface area contributed by atoms with Gasteiger partial charge in [0, 0.05) is 0 Å². The summed E-state index contributed by atoms with van der Waals surface area (Å²) in [5, 5.41) is 4.09. The molecule has 0 radical (unpaired) electrons. The molecule has 0 bridgehead atoms. The van der Waals surface area contributed by atoms with Crippen LogP contribution in [0.1, 0.15) is 30.9 Å². The summed E-state index contributed by atoms with van der Waals surface area (Å²) in [7, 11) is 0. The van der Waals surface area contributed by atoms with Gasteiger partial charge in [0.05, 0.1) is 5.16 Å². The lowest BCUT2D eigenvalue weighted by molar-refractivity contribution is 0.588. The van der Waals surface area contributed by atoms with Gasteiger partial charge in [-0.1, -0.05) is 61.4 Å². The molecule has 162 valence electrons. The normalized spacial score (nSPS) is 12.4. The number of hydrogen-bond acceptors (Lipinski definition) is 2. The highest BCUT2D eigenvalue weighted by Crippen LogP contribution is 2.34. The third kappa shape index (κ3) is 4.16. The molecule has 4 aromatic rings. The summed E-state index contributed by atoms with van der Waals surface area (Å²) in [6.07, 6.45) is 5.71. The zero-order valence-corrected chi connectivity index (χ0v) is 19.0. The van der Waals surface area contributed by atoms with Crippen LogP contribution in [0, 0.1) is 11.6 Å². The lowest BCUT2D eigenvalue weighted by atomic mass is 9.96. The monoisotopic (exact) mass is 453 g/mol. The van der Waals surface area contributed by atoms with E-state index in [0.29, 0.717) is 5.56 Å². The first-order valence-corrected chi connectivity index (χ1v) is 11.4. The third-order valence-corrected chi connectivity index (χ3v) is 6.27. The SMILES string of the molecule is CCCC1=Cc2cc(-c3ccc4cc(-c5cc(F)c(N=C=S)c(F)c5)ccc4c3)ccc2C1. The van der Waals surface area contributed by atoms with Crippen molar-refractivity contribution < 1.29 is 8.78 Å². The fourth-order valence-corrected chi connectivity index (χ4v) is 4.65. The summed E-state index contributed by atoms with van der Waals surface area (Å²) in [5.74, 6) is -1.52. The standard InChI is InChI=1S/C29H21F2NS/c1-2-3-18-10-19-4-5-23(14-25(19)11-18)21-6-7-22-13-24(9-8-20(22)12-21)26-15-27(30)29(32-17-33)28(31)16-26/h4-9,11-16H,2-3,10H2,1H3. The Kier molecular flexibility index (Phi) is 5.72. The Morgan fingerprint density at radius 3 is 2.06 bits per heavy atom. The Morgan fingerprint density at radius 2 is 1.42 bits per heavy atom. The van der Waals surface area contributed by atoms with E-state index in [2.05, 4.69) is 66.6 Å². The van der Waals surface area contributed by atoms with E-state index in [-0.39, 0.29) is 0 Å². The minimum atomic E-state index is -0.759. The maximum absolute atomic E-state index is 14.3. The number of halogens is 2. The van der Waals surface area contributed by atoms with Crippen LogP contribution in [0.2, 0.25) is 0 Å². The molecule has 0 aliphatic heterocycles. The van der Waals surface area contributed by atoms with Crippen LogP contribution in [-0.2, 0) is 6.42 Å². The molecule has 0 spiro atoms. The summed E-state index contributed by atoms with van der Waals surface area (Å²) in [4.78, 5) is 3.48. The van der Waals surface area contributed by atoms with E-state index in [1.807, 2.05) is 23.4 Å². The molecule has 1 aliphatic rings. The summed E-state index contributed by atoms with van der Waals surface area (Å²) in [5.41, 5.74) is 7.33. The van der Waals surface area contributed by atoms with E-state index < -0.39 is 17.3 Å². The number of thiocarbonyl (C=S) groups is 1. The van der Waals surface area contributed by atoms with Crippen molar-refractivity contribution in [2.75, 3.05) is 0 Å². The van der Waals surface area contributed by atoms with Gasteiger partial charge in [-0.25, -0.2) is 8.78 Å². The molecule has 0 heterocycles. The molecule has 1 nitrogen and oxygen atoms in total. The van der Waals surface area contributed by atoms with Crippen LogP contribution < -0.4 is 0 Å². The number of hydrogen-bond donors (Lipinski definition) is 0. The van der Waals surface area contributed by atoms with E-state index >= 15 is 0 Å². The first kappa shape index (κ1) is 21.4. The molecule has 0 fully saturated rings. The number of benzene rings is 4. The van der Waals surface area contributed by atoms with Crippen LogP contribution in [0.25, 0.3) is 39.1 Å². The molecule has 1 aliphatic carbocycles. The third-order valence-electron chi connectivity index (χ3n) is 6.18. The zero-order valence-electron chi connectivity index (χ0n) is 18.2. The highest BCUT2D eigenvalue weighted by atomic mass is 32.1. The Hall–Kier alpha value is -3.46. The fourth-order valence-electron chi connectivity index (χ4n) is 4.56. The predicted molar refractivity (Wildman–Crippen MR) is 136 cm³/mol. The highest BCUT2D eigenvalue weighted by molar-refractivity contribution is 7.78. The molecule has 0 saturated heterocycles. The lowest BCUT2D eigenvalue weighted by Gasteiger charge is -2.09. The number of isothiocyanates is 1. The number of fused-ring (bicyclic) bond motifs is 2. The highest BCUT2D eigenvalue weighted by Gasteiger charge is 2.14. The Balaban J connectivity index is 1.49. The van der Waals surface area contributed by atoms with Crippen molar-refractivity contribution in [2.24, 2.45) is 4.99 Å². The van der Waals surface area contributed by atoms with Crippen molar-refractivity contribution in [2.45, 2.75) is 26.2 Å². The van der Waals surface area contributed by atoms with Crippen molar-refractivity contribution in [1.29, 1.82) is 0 Å². The predicted octanol–water partition coefficient (Wildman–Crippen LogP) is 8.93. The number of rotatable bonds is 5. The minimum Gasteiger partial charge on any atom is -0.204 e. The van der Waals surface area contributed by atoms with Gasteiger partial charge in [0.15, 0.2) is 11.6 Å². The Labute approximate surface area is 197 Å². The molecule has 4 aromatic carbocycles. The van der Waals surface area contributed by atoms with Gasteiger partial charge in [-0.3, -0.25) is 0 Å². The lowest BCUT2D eigenvalue weighted by Crippen LogP contribution is -1.88. The van der Waals surface area contributed by atoms with Crippen molar-refractivity contribution >= 4 is 39.9 Å². The van der Waals surface area contributed by atoms with Gasteiger partial charge in [0.25, 0.3) is 0 Å². The average Bonchev–Trinajstić information content (AvgIpc) is 3.22. The summed E-state index contributed by atoms with van der Waals surface area (Å²) in [6, 6.07) is 21.3. The largest absolute Gasteiger partial charge is 0.204 e. The van der Waals surface area contributed by atoms with Crippen LogP contribution in [0.3, 0.4) is 0 Å². The first-order valence-electron chi connectivity index (χ1n) is 11.0. The van der Waals surface area contributed by atoms with Crippen LogP contribution >= 0.6 is 12.2 Å². The molecule has 4 heteroatoms. The van der Waals surface area contributed by atoms with Gasteiger partial charge in [-0.2, -0.15) is 4.99 Å². The van der Waals surface area contributed by atoms with E-state index in [1.165, 1.54) is 40.8 Å². The van der Waals surface area contributed by atoms with Gasteiger partial charge < -0.3 is 0 Å². The Morgan fingerprint density at radius 1 is 0.818 bits per heavy atom. The van der Waals surface area contributed by atoms with Gasteiger partial charge in [-0.05, 0) is 99.5 Å². The molecule has 0 atom stereocenters. The zero-order chi connectivity index (χ0) is 22.9. The van der Waals surface area contributed by atoms with Crippen molar-refractivity contribution in [1.82, 2.24) is 0 Å². The fraction of sp³-hybridized carbons (Fsp3) is 0.138. The van der Waals surface area contributed by atoms with E-state index in [0.717, 1.165) is 34.7 Å². The molecule has 0 aromatic heterocycles. The van der Waals surface area contributed by atoms with Gasteiger partial charge in [0.2, 0.25) is 0 Å². The van der Waals surface area contributed by atoms with Crippen LogP contribution in [-0.4, -0.2) is 5.16 Å². The smallest absolute Gasteiger partial charge is 0.153 e. The van der Waals surface area contributed by atoms with Gasteiger partial charge in [0.1, 0.15) is 5.69 Å². The molecule has 5 rings (SSSR count). The topological polar surface area (TPSA) is 12.4 Å². The molecule has 0 saturated carbocycles. The molecule has 0 unspecified atom stereocenters. The quantitative estimate of drug-likeness (QED) is 0.217. The second kappa shape index (κ2) is 8.82. The van der Waals surface area contributed by atoms with Crippen molar-refractivity contribution in [3.8, 4) is 22.3 Å². The van der Waals surface area contributed by atoms with E-state index in [1.54, 1.807) is 0 Å². The van der Waals surface area contributed by atoms with Gasteiger partial charge in [-0.15, -0.1) is 0 Å². The van der Waals surface area contributed by atoms with Crippen LogP contribution in [0.5, 0.6) is 0 Å². The van der Waals surface area contributed by atoms with E-state index in [9.17, 15) is 8.78 Å². The summed E-state index contributed by atoms with van der Waals surface area (Å²) >= 11 is 4.46. The molecule has 0 N–H and O–H groups in total. The average molecular weight is 454 g/mol. The number of allylic oxidation sites excluding steroid dienone is 1. The first-order chi connectivity index (χ1) is 16.1.